The minimum absolute atomic E-state index is 0.227. The van der Waals surface area contributed by atoms with Crippen molar-refractivity contribution in [2.45, 2.75) is 19.1 Å². The molecule has 2 aromatic carbocycles. The number of methoxy groups -OCH3 is 1. The number of H-pyrrole nitrogens is 1. The number of hydrogen-bond donors (Lipinski definition) is 1. The SMILES string of the molecule is COc1cccc(C[C@H]2CN(Cc3cc4ccccc4[nH]3)CCO2)c1. The number of benzene rings is 2. The third kappa shape index (κ3) is 3.86. The van der Waals surface area contributed by atoms with Gasteiger partial charge in [-0.3, -0.25) is 4.90 Å². The average molecular weight is 336 g/mol. The number of fused-ring (bicyclic) bond motifs is 1. The highest BCUT2D eigenvalue weighted by molar-refractivity contribution is 5.80. The maximum Gasteiger partial charge on any atom is 0.119 e. The molecule has 1 atom stereocenters. The summed E-state index contributed by atoms with van der Waals surface area (Å²) in [5, 5.41) is 1.28. The van der Waals surface area contributed by atoms with Crippen LogP contribution in [0.1, 0.15) is 11.3 Å². The Balaban J connectivity index is 1.40. The molecule has 1 aliphatic rings. The van der Waals surface area contributed by atoms with Crippen molar-refractivity contribution in [1.29, 1.82) is 0 Å². The standard InChI is InChI=1S/C21H24N2O2/c1-24-19-7-4-5-16(11-19)12-20-15-23(9-10-25-20)14-18-13-17-6-2-3-8-21(17)22-18/h2-8,11,13,20,22H,9-10,12,14-15H2,1H3/t20-/m0/s1. The highest BCUT2D eigenvalue weighted by Gasteiger charge is 2.21. The molecule has 4 heteroatoms. The first-order valence-corrected chi connectivity index (χ1v) is 8.84. The van der Waals surface area contributed by atoms with Crippen LogP contribution in [-0.2, 0) is 17.7 Å². The fraction of sp³-hybridized carbons (Fsp3) is 0.333. The molecule has 1 fully saturated rings. The normalized spacial score (nSPS) is 18.5. The van der Waals surface area contributed by atoms with Gasteiger partial charge in [0.05, 0.1) is 19.8 Å². The lowest BCUT2D eigenvalue weighted by Crippen LogP contribution is -2.42. The first kappa shape index (κ1) is 16.2. The van der Waals surface area contributed by atoms with E-state index in [0.717, 1.165) is 38.4 Å². The van der Waals surface area contributed by atoms with Crippen LogP contribution >= 0.6 is 0 Å². The van der Waals surface area contributed by atoms with Gasteiger partial charge in [0, 0.05) is 37.3 Å². The van der Waals surface area contributed by atoms with Crippen molar-refractivity contribution in [2.24, 2.45) is 0 Å². The van der Waals surface area contributed by atoms with Crippen LogP contribution in [-0.4, -0.2) is 42.8 Å². The molecule has 4 rings (SSSR count). The molecular weight excluding hydrogens is 312 g/mol. The summed E-state index contributed by atoms with van der Waals surface area (Å²) in [4.78, 5) is 5.99. The lowest BCUT2D eigenvalue weighted by molar-refractivity contribution is -0.0308. The maximum atomic E-state index is 5.99. The molecule has 0 aliphatic carbocycles. The minimum atomic E-state index is 0.227. The maximum absolute atomic E-state index is 5.99. The van der Waals surface area contributed by atoms with Crippen LogP contribution in [0.15, 0.2) is 54.6 Å². The van der Waals surface area contributed by atoms with E-state index >= 15 is 0 Å². The summed E-state index contributed by atoms with van der Waals surface area (Å²) >= 11 is 0. The van der Waals surface area contributed by atoms with Crippen LogP contribution in [0.25, 0.3) is 10.9 Å². The van der Waals surface area contributed by atoms with Crippen molar-refractivity contribution in [3.8, 4) is 5.75 Å². The largest absolute Gasteiger partial charge is 0.497 e. The molecule has 0 saturated carbocycles. The second-order valence-electron chi connectivity index (χ2n) is 6.67. The van der Waals surface area contributed by atoms with Crippen molar-refractivity contribution in [1.82, 2.24) is 9.88 Å². The smallest absolute Gasteiger partial charge is 0.119 e. The Morgan fingerprint density at radius 1 is 1.16 bits per heavy atom. The Morgan fingerprint density at radius 3 is 2.96 bits per heavy atom. The Kier molecular flexibility index (Phi) is 4.72. The molecule has 1 saturated heterocycles. The van der Waals surface area contributed by atoms with Gasteiger partial charge in [-0.2, -0.15) is 0 Å². The van der Waals surface area contributed by atoms with Gasteiger partial charge in [-0.05, 0) is 35.2 Å². The van der Waals surface area contributed by atoms with E-state index in [4.69, 9.17) is 9.47 Å². The van der Waals surface area contributed by atoms with Gasteiger partial charge in [-0.1, -0.05) is 30.3 Å². The van der Waals surface area contributed by atoms with Crippen molar-refractivity contribution in [3.05, 3.63) is 65.9 Å². The molecule has 1 aliphatic heterocycles. The average Bonchev–Trinajstić information content (AvgIpc) is 3.04. The summed E-state index contributed by atoms with van der Waals surface area (Å²) in [7, 11) is 1.71. The van der Waals surface area contributed by atoms with Crippen LogP contribution in [0, 0.1) is 0 Å². The van der Waals surface area contributed by atoms with E-state index in [1.165, 1.54) is 22.2 Å². The van der Waals surface area contributed by atoms with Gasteiger partial charge in [0.2, 0.25) is 0 Å². The van der Waals surface area contributed by atoms with Gasteiger partial charge < -0.3 is 14.5 Å². The molecule has 130 valence electrons. The molecule has 0 spiro atoms. The number of ether oxygens (including phenoxy) is 2. The van der Waals surface area contributed by atoms with Crippen LogP contribution in [0.2, 0.25) is 0 Å². The lowest BCUT2D eigenvalue weighted by atomic mass is 10.1. The highest BCUT2D eigenvalue weighted by atomic mass is 16.5. The van der Waals surface area contributed by atoms with Crippen molar-refractivity contribution in [2.75, 3.05) is 26.8 Å². The van der Waals surface area contributed by atoms with Crippen LogP contribution in [0.3, 0.4) is 0 Å². The summed E-state index contributed by atoms with van der Waals surface area (Å²) in [6, 6.07) is 18.9. The molecule has 1 aromatic heterocycles. The summed E-state index contributed by atoms with van der Waals surface area (Å²) in [6.07, 6.45) is 1.14. The third-order valence-corrected chi connectivity index (χ3v) is 4.80. The molecule has 3 aromatic rings. The quantitative estimate of drug-likeness (QED) is 0.773. The van der Waals surface area contributed by atoms with Gasteiger partial charge in [0.25, 0.3) is 0 Å². The fourth-order valence-electron chi connectivity index (χ4n) is 3.57. The predicted octanol–water partition coefficient (Wildman–Crippen LogP) is 3.62. The molecule has 25 heavy (non-hydrogen) atoms. The monoisotopic (exact) mass is 336 g/mol. The Hall–Kier alpha value is -2.30. The molecule has 2 heterocycles. The van der Waals surface area contributed by atoms with Gasteiger partial charge in [0.15, 0.2) is 0 Å². The van der Waals surface area contributed by atoms with E-state index in [0.29, 0.717) is 0 Å². The first-order valence-electron chi connectivity index (χ1n) is 8.84. The molecule has 1 N–H and O–H groups in total. The second kappa shape index (κ2) is 7.30. The zero-order valence-electron chi connectivity index (χ0n) is 14.6. The first-order chi connectivity index (χ1) is 12.3. The summed E-state index contributed by atoms with van der Waals surface area (Å²) in [6.45, 7) is 3.65. The fourth-order valence-corrected chi connectivity index (χ4v) is 3.57. The Labute approximate surface area is 148 Å². The number of aromatic nitrogens is 1. The number of nitrogens with one attached hydrogen (secondary N) is 1. The van der Waals surface area contributed by atoms with Gasteiger partial charge >= 0.3 is 0 Å². The highest BCUT2D eigenvalue weighted by Crippen LogP contribution is 2.19. The zero-order valence-corrected chi connectivity index (χ0v) is 14.6. The topological polar surface area (TPSA) is 37.5 Å². The molecule has 0 bridgehead atoms. The Bertz CT molecular complexity index is 810. The minimum Gasteiger partial charge on any atom is -0.497 e. The Morgan fingerprint density at radius 2 is 2.08 bits per heavy atom. The van der Waals surface area contributed by atoms with E-state index < -0.39 is 0 Å². The van der Waals surface area contributed by atoms with E-state index in [1.54, 1.807) is 7.11 Å². The van der Waals surface area contributed by atoms with Gasteiger partial charge in [-0.25, -0.2) is 0 Å². The molecule has 0 radical (unpaired) electrons. The van der Waals surface area contributed by atoms with Crippen molar-refractivity contribution in [3.63, 3.8) is 0 Å². The van der Waals surface area contributed by atoms with E-state index in [2.05, 4.69) is 52.3 Å². The number of aromatic amines is 1. The zero-order chi connectivity index (χ0) is 17.1. The van der Waals surface area contributed by atoms with Gasteiger partial charge in [0.1, 0.15) is 5.75 Å². The number of hydrogen-bond acceptors (Lipinski definition) is 3. The summed E-state index contributed by atoms with van der Waals surface area (Å²) < 4.78 is 11.3. The van der Waals surface area contributed by atoms with Crippen molar-refractivity contribution >= 4 is 10.9 Å². The molecule has 4 nitrogen and oxygen atoms in total. The number of morpholine rings is 1. The molecule has 0 amide bonds. The van der Waals surface area contributed by atoms with E-state index in [-0.39, 0.29) is 6.10 Å². The number of nitrogens with zero attached hydrogens (tertiary/aromatic N) is 1. The summed E-state index contributed by atoms with van der Waals surface area (Å²) in [5.74, 6) is 0.906. The number of para-hydroxylation sites is 1. The third-order valence-electron chi connectivity index (χ3n) is 4.80. The number of rotatable bonds is 5. The van der Waals surface area contributed by atoms with E-state index in [9.17, 15) is 0 Å². The second-order valence-corrected chi connectivity index (χ2v) is 6.67. The predicted molar refractivity (Wildman–Crippen MR) is 100 cm³/mol. The molecule has 0 unspecified atom stereocenters. The van der Waals surface area contributed by atoms with Crippen LogP contribution in [0.4, 0.5) is 0 Å². The van der Waals surface area contributed by atoms with Gasteiger partial charge in [-0.15, -0.1) is 0 Å². The van der Waals surface area contributed by atoms with E-state index in [1.807, 2.05) is 12.1 Å². The van der Waals surface area contributed by atoms with Crippen molar-refractivity contribution < 1.29 is 9.47 Å². The van der Waals surface area contributed by atoms with Crippen LogP contribution < -0.4 is 4.74 Å². The lowest BCUT2D eigenvalue weighted by Gasteiger charge is -2.32. The summed E-state index contributed by atoms with van der Waals surface area (Å²) in [5.41, 5.74) is 3.73. The van der Waals surface area contributed by atoms with Crippen LogP contribution in [0.5, 0.6) is 5.75 Å². The molecular formula is C21H24N2O2.